The highest BCUT2D eigenvalue weighted by atomic mass is 19.4. The quantitative estimate of drug-likeness (QED) is 0.768. The molecule has 0 amide bonds. The fourth-order valence-electron chi connectivity index (χ4n) is 0.983. The predicted molar refractivity (Wildman–Crippen MR) is 40.2 cm³/mol. The molecular formula is C7H7F6N3. The third-order valence-corrected chi connectivity index (χ3v) is 1.76. The summed E-state index contributed by atoms with van der Waals surface area (Å²) in [5.41, 5.74) is -1.99. The van der Waals surface area contributed by atoms with Crippen LogP contribution in [0.15, 0.2) is 0 Å². The van der Waals surface area contributed by atoms with Crippen LogP contribution in [0.1, 0.15) is 19.0 Å². The van der Waals surface area contributed by atoms with Gasteiger partial charge in [-0.05, 0) is 6.42 Å². The molecule has 0 atom stereocenters. The first kappa shape index (κ1) is 12.8. The molecule has 0 saturated heterocycles. The van der Waals surface area contributed by atoms with Crippen LogP contribution in [-0.4, -0.2) is 21.2 Å². The Balaban J connectivity index is 3.14. The molecule has 0 aliphatic carbocycles. The second-order valence-electron chi connectivity index (χ2n) is 3.02. The van der Waals surface area contributed by atoms with Crippen LogP contribution in [0.5, 0.6) is 0 Å². The van der Waals surface area contributed by atoms with Gasteiger partial charge in [0.15, 0.2) is 5.69 Å². The Bertz CT molecular complexity index is 369. The molecule has 0 bridgehead atoms. The van der Waals surface area contributed by atoms with E-state index in [1.165, 1.54) is 0 Å². The summed E-state index contributed by atoms with van der Waals surface area (Å²) in [6.07, 6.45) is -5.56. The van der Waals surface area contributed by atoms with Crippen LogP contribution in [0.3, 0.4) is 0 Å². The lowest BCUT2D eigenvalue weighted by atomic mass is 10.2. The Hall–Kier alpha value is -1.28. The van der Waals surface area contributed by atoms with Crippen molar-refractivity contribution in [2.24, 2.45) is 0 Å². The van der Waals surface area contributed by atoms with Gasteiger partial charge in [0.2, 0.25) is 5.95 Å². The molecule has 3 nitrogen and oxygen atoms in total. The van der Waals surface area contributed by atoms with Crippen LogP contribution in [-0.2, 0) is 12.5 Å². The van der Waals surface area contributed by atoms with Crippen molar-refractivity contribution in [3.8, 4) is 0 Å². The first-order chi connectivity index (χ1) is 7.21. The number of rotatable bonds is 3. The molecule has 92 valence electrons. The molecule has 0 unspecified atom stereocenters. The van der Waals surface area contributed by atoms with E-state index in [4.69, 9.17) is 0 Å². The Morgan fingerprint density at radius 3 is 2.19 bits per heavy atom. The lowest BCUT2D eigenvalue weighted by molar-refractivity contribution is -0.292. The van der Waals surface area contributed by atoms with Gasteiger partial charge in [-0.25, -0.2) is 4.68 Å². The first-order valence-corrected chi connectivity index (χ1v) is 4.25. The second-order valence-corrected chi connectivity index (χ2v) is 3.02. The number of hydrogen-bond donors (Lipinski definition) is 0. The molecule has 1 rings (SSSR count). The van der Waals surface area contributed by atoms with Crippen LogP contribution < -0.4 is 0 Å². The number of nitrogens with zero attached hydrogens (tertiary/aromatic N) is 3. The molecular weight excluding hydrogens is 240 g/mol. The minimum atomic E-state index is -5.89. The van der Waals surface area contributed by atoms with E-state index >= 15 is 0 Å². The normalized spacial score (nSPS) is 13.2. The van der Waals surface area contributed by atoms with Crippen molar-refractivity contribution in [2.75, 3.05) is 0 Å². The molecule has 9 heteroatoms. The summed E-state index contributed by atoms with van der Waals surface area (Å²) in [6.45, 7) is 1.47. The Labute approximate surface area is 86.0 Å². The molecule has 0 saturated carbocycles. The number of aromatic nitrogens is 3. The van der Waals surface area contributed by atoms with Gasteiger partial charge in [-0.2, -0.15) is 26.3 Å². The lowest BCUT2D eigenvalue weighted by Gasteiger charge is -2.16. The van der Waals surface area contributed by atoms with E-state index < -0.39 is 23.7 Å². The molecule has 1 aromatic heterocycles. The van der Waals surface area contributed by atoms with Gasteiger partial charge in [-0.1, -0.05) is 12.1 Å². The van der Waals surface area contributed by atoms with Gasteiger partial charge in [0.1, 0.15) is 0 Å². The van der Waals surface area contributed by atoms with Crippen molar-refractivity contribution in [1.82, 2.24) is 15.0 Å². The summed E-state index contributed by atoms with van der Waals surface area (Å²) < 4.78 is 74.6. The summed E-state index contributed by atoms with van der Waals surface area (Å²) in [5.74, 6) is -7.09. The Kier molecular flexibility index (Phi) is 3.15. The fourth-order valence-corrected chi connectivity index (χ4v) is 0.983. The van der Waals surface area contributed by atoms with Gasteiger partial charge in [-0.15, -0.1) is 5.10 Å². The van der Waals surface area contributed by atoms with Crippen molar-refractivity contribution in [1.29, 1.82) is 0 Å². The SMILES string of the molecule is CCCn1nnc(C(F)(F)C(F)(F)F)c1F. The molecule has 0 spiro atoms. The topological polar surface area (TPSA) is 30.7 Å². The highest BCUT2D eigenvalue weighted by Gasteiger charge is 2.62. The maximum atomic E-state index is 13.1. The fraction of sp³-hybridized carbons (Fsp3) is 0.714. The molecule has 0 radical (unpaired) electrons. The average Bonchev–Trinajstić information content (AvgIpc) is 2.47. The zero-order valence-electron chi connectivity index (χ0n) is 8.02. The van der Waals surface area contributed by atoms with Gasteiger partial charge < -0.3 is 0 Å². The summed E-state index contributed by atoms with van der Waals surface area (Å²) in [4.78, 5) is 0. The maximum absolute atomic E-state index is 13.1. The van der Waals surface area contributed by atoms with Crippen molar-refractivity contribution in [3.05, 3.63) is 11.6 Å². The minimum absolute atomic E-state index is 0.118. The number of halogens is 6. The molecule has 0 fully saturated rings. The highest BCUT2D eigenvalue weighted by molar-refractivity contribution is 5.08. The zero-order chi connectivity index (χ0) is 12.6. The summed E-state index contributed by atoms with van der Waals surface area (Å²) in [5, 5.41) is 5.44. The monoisotopic (exact) mass is 247 g/mol. The third kappa shape index (κ3) is 1.98. The summed E-state index contributed by atoms with van der Waals surface area (Å²) >= 11 is 0. The molecule has 0 aliphatic rings. The molecule has 0 N–H and O–H groups in total. The minimum Gasteiger partial charge on any atom is -0.219 e. The van der Waals surface area contributed by atoms with E-state index in [-0.39, 0.29) is 6.54 Å². The number of hydrogen-bond acceptors (Lipinski definition) is 2. The van der Waals surface area contributed by atoms with Gasteiger partial charge >= 0.3 is 12.1 Å². The maximum Gasteiger partial charge on any atom is 0.460 e. The molecule has 0 aromatic carbocycles. The second kappa shape index (κ2) is 3.95. The summed E-state index contributed by atoms with van der Waals surface area (Å²) in [7, 11) is 0. The van der Waals surface area contributed by atoms with Crippen molar-refractivity contribution >= 4 is 0 Å². The van der Waals surface area contributed by atoms with Gasteiger partial charge in [0.05, 0.1) is 0 Å². The standard InChI is InChI=1S/C7H7F6N3/c1-2-3-16-5(8)4(14-15-16)6(9,10)7(11,12)13/h2-3H2,1H3. The Morgan fingerprint density at radius 1 is 1.19 bits per heavy atom. The van der Waals surface area contributed by atoms with Crippen molar-refractivity contribution < 1.29 is 26.3 Å². The van der Waals surface area contributed by atoms with Crippen LogP contribution in [0.4, 0.5) is 26.3 Å². The molecule has 1 aromatic rings. The van der Waals surface area contributed by atoms with Crippen molar-refractivity contribution in [3.63, 3.8) is 0 Å². The van der Waals surface area contributed by atoms with Gasteiger partial charge in [-0.3, -0.25) is 0 Å². The van der Waals surface area contributed by atoms with E-state index in [1.807, 2.05) is 0 Å². The van der Waals surface area contributed by atoms with Gasteiger partial charge in [0.25, 0.3) is 0 Å². The van der Waals surface area contributed by atoms with Crippen LogP contribution in [0, 0.1) is 5.95 Å². The largest absolute Gasteiger partial charge is 0.460 e. The third-order valence-electron chi connectivity index (χ3n) is 1.76. The van der Waals surface area contributed by atoms with Crippen molar-refractivity contribution in [2.45, 2.75) is 32.0 Å². The number of alkyl halides is 5. The summed E-state index contributed by atoms with van der Waals surface area (Å²) in [6, 6.07) is 0. The van der Waals surface area contributed by atoms with E-state index in [1.54, 1.807) is 6.92 Å². The van der Waals surface area contributed by atoms with E-state index in [0.29, 0.717) is 11.1 Å². The lowest BCUT2D eigenvalue weighted by Crippen LogP contribution is -2.35. The smallest absolute Gasteiger partial charge is 0.219 e. The average molecular weight is 247 g/mol. The predicted octanol–water partition coefficient (Wildman–Crippen LogP) is 2.48. The molecule has 0 aliphatic heterocycles. The van der Waals surface area contributed by atoms with E-state index in [9.17, 15) is 26.3 Å². The zero-order valence-corrected chi connectivity index (χ0v) is 8.02. The highest BCUT2D eigenvalue weighted by Crippen LogP contribution is 2.43. The van der Waals surface area contributed by atoms with Crippen LogP contribution in [0.25, 0.3) is 0 Å². The Morgan fingerprint density at radius 2 is 1.75 bits per heavy atom. The van der Waals surface area contributed by atoms with E-state index in [2.05, 4.69) is 10.3 Å². The van der Waals surface area contributed by atoms with Crippen LogP contribution in [0.2, 0.25) is 0 Å². The van der Waals surface area contributed by atoms with Crippen LogP contribution >= 0.6 is 0 Å². The molecule has 1 heterocycles. The molecule has 16 heavy (non-hydrogen) atoms. The first-order valence-electron chi connectivity index (χ1n) is 4.25. The van der Waals surface area contributed by atoms with Gasteiger partial charge in [0, 0.05) is 6.54 Å². The van der Waals surface area contributed by atoms with E-state index in [0.717, 1.165) is 0 Å². The number of aryl methyl sites for hydroxylation is 1.